The summed E-state index contributed by atoms with van der Waals surface area (Å²) in [5, 5.41) is 5.30. The van der Waals surface area contributed by atoms with E-state index in [-0.39, 0.29) is 12.1 Å². The van der Waals surface area contributed by atoms with Gasteiger partial charge in [0.15, 0.2) is 0 Å². The molecule has 1 atom stereocenters. The van der Waals surface area contributed by atoms with Gasteiger partial charge in [0.2, 0.25) is 0 Å². The highest BCUT2D eigenvalue weighted by Gasteiger charge is 2.26. The molecule has 7 nitrogen and oxygen atoms in total. The van der Waals surface area contributed by atoms with Crippen LogP contribution in [0.2, 0.25) is 0 Å². The number of thiophene rings is 1. The van der Waals surface area contributed by atoms with Crippen molar-refractivity contribution in [3.63, 3.8) is 0 Å². The first-order valence-electron chi connectivity index (χ1n) is 11.0. The lowest BCUT2D eigenvalue weighted by atomic mass is 10.2. The quantitative estimate of drug-likeness (QED) is 0.712. The molecule has 2 aliphatic rings. The zero-order chi connectivity index (χ0) is 21.5. The van der Waals surface area contributed by atoms with Crippen molar-refractivity contribution in [3.05, 3.63) is 52.2 Å². The number of hydrogen-bond acceptors (Lipinski definition) is 6. The number of carbonyl (C=O) groups excluding carboxylic acids is 1. The summed E-state index contributed by atoms with van der Waals surface area (Å²) in [5.41, 5.74) is 1.27. The van der Waals surface area contributed by atoms with E-state index in [9.17, 15) is 4.79 Å². The molecule has 2 fully saturated rings. The predicted octanol–water partition coefficient (Wildman–Crippen LogP) is 2.66. The Bertz CT molecular complexity index is 801. The van der Waals surface area contributed by atoms with Crippen LogP contribution in [0.3, 0.4) is 0 Å². The highest BCUT2D eigenvalue weighted by Crippen LogP contribution is 2.25. The Morgan fingerprint density at radius 1 is 1.10 bits per heavy atom. The van der Waals surface area contributed by atoms with Gasteiger partial charge in [-0.2, -0.15) is 0 Å². The van der Waals surface area contributed by atoms with Crippen molar-refractivity contribution in [2.24, 2.45) is 0 Å². The summed E-state index contributed by atoms with van der Waals surface area (Å²) in [4.78, 5) is 20.9. The molecular formula is C23H32N4O3S. The lowest BCUT2D eigenvalue weighted by Gasteiger charge is -2.36. The summed E-state index contributed by atoms with van der Waals surface area (Å²) in [5.74, 6) is 0.878. The Labute approximate surface area is 188 Å². The van der Waals surface area contributed by atoms with E-state index in [0.29, 0.717) is 6.54 Å². The maximum atomic E-state index is 12.8. The number of methoxy groups -OCH3 is 1. The summed E-state index contributed by atoms with van der Waals surface area (Å²) in [7, 11) is 1.68. The van der Waals surface area contributed by atoms with Crippen molar-refractivity contribution in [1.82, 2.24) is 20.0 Å². The summed E-state index contributed by atoms with van der Waals surface area (Å²) in [6.07, 6.45) is 0. The number of urea groups is 1. The van der Waals surface area contributed by atoms with Crippen LogP contribution in [0.4, 0.5) is 4.79 Å². The van der Waals surface area contributed by atoms with Crippen LogP contribution in [0.25, 0.3) is 0 Å². The topological polar surface area (TPSA) is 57.3 Å². The van der Waals surface area contributed by atoms with Crippen LogP contribution in [-0.4, -0.2) is 86.9 Å². The second kappa shape index (κ2) is 10.9. The molecule has 31 heavy (non-hydrogen) atoms. The van der Waals surface area contributed by atoms with Gasteiger partial charge in [0, 0.05) is 57.2 Å². The van der Waals surface area contributed by atoms with Crippen LogP contribution in [0, 0.1) is 0 Å². The first-order valence-corrected chi connectivity index (χ1v) is 11.8. The van der Waals surface area contributed by atoms with Gasteiger partial charge in [0.25, 0.3) is 0 Å². The minimum Gasteiger partial charge on any atom is -0.497 e. The van der Waals surface area contributed by atoms with E-state index < -0.39 is 0 Å². The average molecular weight is 445 g/mol. The third-order valence-corrected chi connectivity index (χ3v) is 7.00. The van der Waals surface area contributed by atoms with Crippen LogP contribution in [0.15, 0.2) is 41.8 Å². The lowest BCUT2D eigenvalue weighted by molar-refractivity contribution is 0.0170. The Morgan fingerprint density at radius 2 is 1.84 bits per heavy atom. The molecule has 1 N–H and O–H groups in total. The van der Waals surface area contributed by atoms with E-state index in [1.807, 2.05) is 17.0 Å². The van der Waals surface area contributed by atoms with Gasteiger partial charge in [-0.3, -0.25) is 9.80 Å². The number of benzene rings is 1. The number of piperazine rings is 1. The molecule has 1 unspecified atom stereocenters. The molecule has 0 spiro atoms. The molecule has 3 heterocycles. The second-order valence-electron chi connectivity index (χ2n) is 7.98. The van der Waals surface area contributed by atoms with E-state index >= 15 is 0 Å². The predicted molar refractivity (Wildman–Crippen MR) is 123 cm³/mol. The van der Waals surface area contributed by atoms with Crippen LogP contribution in [0.1, 0.15) is 16.5 Å². The second-order valence-corrected chi connectivity index (χ2v) is 8.96. The molecule has 0 radical (unpaired) electrons. The minimum atomic E-state index is 0.0407. The molecule has 1 aromatic carbocycles. The van der Waals surface area contributed by atoms with E-state index in [2.05, 4.69) is 44.8 Å². The average Bonchev–Trinajstić information content (AvgIpc) is 3.35. The fraction of sp³-hybridized carbons (Fsp3) is 0.522. The van der Waals surface area contributed by atoms with Crippen LogP contribution >= 0.6 is 11.3 Å². The number of amides is 2. The van der Waals surface area contributed by atoms with Gasteiger partial charge in [0.05, 0.1) is 26.4 Å². The molecule has 8 heteroatoms. The highest BCUT2D eigenvalue weighted by molar-refractivity contribution is 7.10. The molecule has 168 valence electrons. The van der Waals surface area contributed by atoms with Crippen LogP contribution in [0.5, 0.6) is 5.75 Å². The Kier molecular flexibility index (Phi) is 7.80. The van der Waals surface area contributed by atoms with Gasteiger partial charge in [-0.05, 0) is 29.1 Å². The number of nitrogens with zero attached hydrogens (tertiary/aromatic N) is 3. The maximum absolute atomic E-state index is 12.8. The van der Waals surface area contributed by atoms with Crippen molar-refractivity contribution in [3.8, 4) is 5.75 Å². The zero-order valence-electron chi connectivity index (χ0n) is 18.2. The molecule has 1 aromatic heterocycles. The number of nitrogens with one attached hydrogen (secondary N) is 1. The molecule has 0 saturated carbocycles. The standard InChI is InChI=1S/C23H32N4O3S/c1-29-20-6-4-19(5-7-20)18-25-8-10-27(11-9-25)23(28)24-17-21(22-3-2-16-31-22)26-12-14-30-15-13-26/h2-7,16,21H,8-15,17-18H2,1H3,(H,24,28). The van der Waals surface area contributed by atoms with E-state index in [1.165, 1.54) is 10.4 Å². The van der Waals surface area contributed by atoms with E-state index in [1.54, 1.807) is 18.4 Å². The Balaban J connectivity index is 1.25. The number of ether oxygens (including phenoxy) is 2. The lowest BCUT2D eigenvalue weighted by Crippen LogP contribution is -2.52. The van der Waals surface area contributed by atoms with Gasteiger partial charge < -0.3 is 19.7 Å². The van der Waals surface area contributed by atoms with Crippen LogP contribution < -0.4 is 10.1 Å². The molecule has 0 bridgehead atoms. The number of rotatable bonds is 7. The van der Waals surface area contributed by atoms with Crippen molar-refractivity contribution >= 4 is 17.4 Å². The number of carbonyl (C=O) groups is 1. The fourth-order valence-corrected chi connectivity index (χ4v) is 5.03. The molecule has 2 aromatic rings. The normalized spacial score (nSPS) is 19.2. The van der Waals surface area contributed by atoms with Gasteiger partial charge in [-0.25, -0.2) is 4.79 Å². The SMILES string of the molecule is COc1ccc(CN2CCN(C(=O)NCC(c3cccs3)N3CCOCC3)CC2)cc1. The van der Waals surface area contributed by atoms with E-state index in [4.69, 9.17) is 9.47 Å². The number of hydrogen-bond donors (Lipinski definition) is 1. The smallest absolute Gasteiger partial charge is 0.317 e. The van der Waals surface area contributed by atoms with Crippen molar-refractivity contribution in [2.45, 2.75) is 12.6 Å². The fourth-order valence-electron chi connectivity index (χ4n) is 4.17. The minimum absolute atomic E-state index is 0.0407. The van der Waals surface area contributed by atoms with Crippen molar-refractivity contribution in [1.29, 1.82) is 0 Å². The van der Waals surface area contributed by atoms with Crippen LogP contribution in [-0.2, 0) is 11.3 Å². The van der Waals surface area contributed by atoms with Gasteiger partial charge in [-0.15, -0.1) is 11.3 Å². The first kappa shape index (κ1) is 22.1. The van der Waals surface area contributed by atoms with Crippen molar-refractivity contribution in [2.75, 3.05) is 66.1 Å². The third-order valence-electron chi connectivity index (χ3n) is 6.03. The van der Waals surface area contributed by atoms with Gasteiger partial charge in [0.1, 0.15) is 5.75 Å². The number of morpholine rings is 1. The summed E-state index contributed by atoms with van der Waals surface area (Å²) in [6.45, 7) is 8.13. The molecule has 0 aliphatic carbocycles. The van der Waals surface area contributed by atoms with E-state index in [0.717, 1.165) is 64.8 Å². The molecule has 4 rings (SSSR count). The third kappa shape index (κ3) is 5.98. The van der Waals surface area contributed by atoms with Crippen molar-refractivity contribution < 1.29 is 14.3 Å². The monoisotopic (exact) mass is 444 g/mol. The summed E-state index contributed by atoms with van der Waals surface area (Å²) in [6, 6.07) is 12.7. The molecule has 2 amide bonds. The highest BCUT2D eigenvalue weighted by atomic mass is 32.1. The molecule has 2 saturated heterocycles. The van der Waals surface area contributed by atoms with Gasteiger partial charge >= 0.3 is 6.03 Å². The largest absolute Gasteiger partial charge is 0.497 e. The summed E-state index contributed by atoms with van der Waals surface area (Å²) >= 11 is 1.75. The first-order chi connectivity index (χ1) is 15.2. The molecule has 2 aliphatic heterocycles. The Hall–Kier alpha value is -2.13. The molecular weight excluding hydrogens is 412 g/mol. The summed E-state index contributed by atoms with van der Waals surface area (Å²) < 4.78 is 10.7. The Morgan fingerprint density at radius 3 is 2.48 bits per heavy atom. The maximum Gasteiger partial charge on any atom is 0.317 e. The zero-order valence-corrected chi connectivity index (χ0v) is 19.0. The van der Waals surface area contributed by atoms with Gasteiger partial charge in [-0.1, -0.05) is 18.2 Å².